The number of halogens is 1. The molecule has 0 saturated carbocycles. The van der Waals surface area contributed by atoms with E-state index < -0.39 is 10.0 Å². The predicted molar refractivity (Wildman–Crippen MR) is 116 cm³/mol. The summed E-state index contributed by atoms with van der Waals surface area (Å²) in [5.41, 5.74) is 1.16. The zero-order valence-electron chi connectivity index (χ0n) is 16.6. The van der Waals surface area contributed by atoms with Gasteiger partial charge in [0.2, 0.25) is 10.0 Å². The molecule has 2 saturated heterocycles. The van der Waals surface area contributed by atoms with E-state index in [1.165, 1.54) is 6.26 Å². The number of nitrogens with zero attached hydrogens (tertiary/aromatic N) is 4. The van der Waals surface area contributed by atoms with Crippen LogP contribution < -0.4 is 10.2 Å². The fraction of sp³-hybridized carbons (Fsp3) is 0.632. The Labute approximate surface area is 173 Å². The molecule has 0 aliphatic carbocycles. The van der Waals surface area contributed by atoms with Gasteiger partial charge in [-0.2, -0.15) is 0 Å². The van der Waals surface area contributed by atoms with Gasteiger partial charge in [-0.25, -0.2) is 12.7 Å². The Balaban J connectivity index is 1.45. The summed E-state index contributed by atoms with van der Waals surface area (Å²) in [5.74, 6) is 1.40. The highest BCUT2D eigenvalue weighted by Gasteiger charge is 2.26. The molecule has 0 amide bonds. The molecule has 2 aliphatic heterocycles. The van der Waals surface area contributed by atoms with Crippen LogP contribution in [-0.4, -0.2) is 82.7 Å². The number of aliphatic imine (C=N–C) groups is 1. The van der Waals surface area contributed by atoms with E-state index in [0.29, 0.717) is 19.0 Å². The van der Waals surface area contributed by atoms with Crippen molar-refractivity contribution in [2.45, 2.75) is 12.8 Å². The number of hydrogen-bond acceptors (Lipinski definition) is 4. The number of guanidine groups is 1. The zero-order chi connectivity index (χ0) is 20.1. The monoisotopic (exact) mass is 427 g/mol. The van der Waals surface area contributed by atoms with Gasteiger partial charge in [-0.3, -0.25) is 4.99 Å². The molecule has 0 bridgehead atoms. The van der Waals surface area contributed by atoms with Crippen LogP contribution in [0.3, 0.4) is 0 Å². The van der Waals surface area contributed by atoms with Gasteiger partial charge in [0.1, 0.15) is 0 Å². The third-order valence-corrected chi connectivity index (χ3v) is 7.09. The molecular formula is C19H30ClN5O2S. The summed E-state index contributed by atoms with van der Waals surface area (Å²) in [5, 5.41) is 4.26. The molecule has 2 fully saturated rings. The minimum atomic E-state index is -3.07. The summed E-state index contributed by atoms with van der Waals surface area (Å²) < 4.78 is 24.8. The van der Waals surface area contributed by atoms with Gasteiger partial charge in [0.05, 0.1) is 6.26 Å². The summed E-state index contributed by atoms with van der Waals surface area (Å²) in [6, 6.07) is 7.98. The van der Waals surface area contributed by atoms with Crippen molar-refractivity contribution in [3.63, 3.8) is 0 Å². The highest BCUT2D eigenvalue weighted by Crippen LogP contribution is 2.21. The maximum atomic E-state index is 11.6. The van der Waals surface area contributed by atoms with Gasteiger partial charge in [-0.15, -0.1) is 0 Å². The third-order valence-electron chi connectivity index (χ3n) is 5.56. The second-order valence-corrected chi connectivity index (χ2v) is 9.91. The maximum absolute atomic E-state index is 11.6. The van der Waals surface area contributed by atoms with Crippen LogP contribution in [0.25, 0.3) is 0 Å². The van der Waals surface area contributed by atoms with E-state index in [-0.39, 0.29) is 0 Å². The van der Waals surface area contributed by atoms with Gasteiger partial charge in [-0.1, -0.05) is 17.7 Å². The van der Waals surface area contributed by atoms with Crippen LogP contribution in [0.1, 0.15) is 12.8 Å². The van der Waals surface area contributed by atoms with Crippen LogP contribution in [-0.2, 0) is 10.0 Å². The lowest BCUT2D eigenvalue weighted by Gasteiger charge is -2.38. The molecule has 2 aliphatic rings. The van der Waals surface area contributed by atoms with E-state index in [1.807, 2.05) is 25.2 Å². The van der Waals surface area contributed by atoms with E-state index >= 15 is 0 Å². The number of benzene rings is 1. The molecule has 1 aromatic rings. The minimum absolute atomic E-state index is 0.475. The number of nitrogens with one attached hydrogen (secondary N) is 1. The molecular weight excluding hydrogens is 398 g/mol. The number of anilines is 1. The van der Waals surface area contributed by atoms with Crippen LogP contribution in [0.2, 0.25) is 5.02 Å². The molecule has 0 radical (unpaired) electrons. The normalized spacial score (nSPS) is 20.5. The van der Waals surface area contributed by atoms with Crippen molar-refractivity contribution in [3.05, 3.63) is 29.3 Å². The van der Waals surface area contributed by atoms with Crippen LogP contribution >= 0.6 is 11.6 Å². The van der Waals surface area contributed by atoms with Crippen molar-refractivity contribution < 1.29 is 8.42 Å². The smallest absolute Gasteiger partial charge is 0.211 e. The van der Waals surface area contributed by atoms with Gasteiger partial charge < -0.3 is 15.1 Å². The number of piperazine rings is 1. The summed E-state index contributed by atoms with van der Waals surface area (Å²) >= 11 is 6.11. The highest BCUT2D eigenvalue weighted by molar-refractivity contribution is 7.88. The largest absolute Gasteiger partial charge is 0.368 e. The van der Waals surface area contributed by atoms with Gasteiger partial charge in [-0.05, 0) is 37.0 Å². The molecule has 0 spiro atoms. The average molecular weight is 428 g/mol. The van der Waals surface area contributed by atoms with Gasteiger partial charge in [0, 0.05) is 63.6 Å². The lowest BCUT2D eigenvalue weighted by molar-refractivity contribution is 0.271. The zero-order valence-corrected chi connectivity index (χ0v) is 18.2. The van der Waals surface area contributed by atoms with Crippen LogP contribution in [0.5, 0.6) is 0 Å². The Bertz CT molecular complexity index is 785. The molecule has 28 heavy (non-hydrogen) atoms. The Hall–Kier alpha value is -1.51. The topological polar surface area (TPSA) is 68.2 Å². The maximum Gasteiger partial charge on any atom is 0.211 e. The first-order chi connectivity index (χ1) is 13.4. The molecule has 0 aromatic heterocycles. The first kappa shape index (κ1) is 21.2. The number of piperidine rings is 1. The minimum Gasteiger partial charge on any atom is -0.368 e. The van der Waals surface area contributed by atoms with Crippen molar-refractivity contribution in [2.75, 3.05) is 64.0 Å². The predicted octanol–water partition coefficient (Wildman–Crippen LogP) is 1.71. The van der Waals surface area contributed by atoms with E-state index in [0.717, 1.165) is 62.2 Å². The van der Waals surface area contributed by atoms with E-state index in [2.05, 4.69) is 26.2 Å². The second-order valence-electron chi connectivity index (χ2n) is 7.49. The summed E-state index contributed by atoms with van der Waals surface area (Å²) in [6.45, 7) is 5.71. The molecule has 1 N–H and O–H groups in total. The summed E-state index contributed by atoms with van der Waals surface area (Å²) in [7, 11) is -1.25. The first-order valence-corrected chi connectivity index (χ1v) is 12.0. The molecule has 7 nitrogen and oxygen atoms in total. The number of rotatable bonds is 4. The Morgan fingerprint density at radius 2 is 1.86 bits per heavy atom. The Kier molecular flexibility index (Phi) is 7.06. The Morgan fingerprint density at radius 1 is 1.18 bits per heavy atom. The number of hydrogen-bond donors (Lipinski definition) is 1. The number of sulfonamides is 1. The van der Waals surface area contributed by atoms with Crippen molar-refractivity contribution in [2.24, 2.45) is 10.9 Å². The Morgan fingerprint density at radius 3 is 2.43 bits per heavy atom. The lowest BCUT2D eigenvalue weighted by atomic mass is 9.98. The fourth-order valence-corrected chi connectivity index (χ4v) is 4.92. The first-order valence-electron chi connectivity index (χ1n) is 9.78. The molecule has 156 valence electrons. The van der Waals surface area contributed by atoms with E-state index in [1.54, 1.807) is 4.31 Å². The molecule has 0 atom stereocenters. The van der Waals surface area contributed by atoms with Crippen molar-refractivity contribution >= 4 is 33.3 Å². The van der Waals surface area contributed by atoms with Crippen molar-refractivity contribution in [1.82, 2.24) is 14.5 Å². The standard InChI is InChI=1S/C19H30ClN5O2S/c1-21-19(22-15-16-6-8-25(9-7-16)28(2,26)27)24-12-10-23(11-13-24)18-5-3-4-17(20)14-18/h3-5,14,16H,6-13,15H2,1-2H3,(H,21,22). The lowest BCUT2D eigenvalue weighted by Crippen LogP contribution is -2.53. The van der Waals surface area contributed by atoms with Crippen molar-refractivity contribution in [3.8, 4) is 0 Å². The summed E-state index contributed by atoms with van der Waals surface area (Å²) in [4.78, 5) is 9.08. The average Bonchev–Trinajstić information content (AvgIpc) is 2.69. The molecule has 3 rings (SSSR count). The SMILES string of the molecule is CN=C(NCC1CCN(S(C)(=O)=O)CC1)N1CCN(c2cccc(Cl)c2)CC1. The highest BCUT2D eigenvalue weighted by atomic mass is 35.5. The molecule has 0 unspecified atom stereocenters. The van der Waals surface area contributed by atoms with Gasteiger partial charge >= 0.3 is 0 Å². The fourth-order valence-electron chi connectivity index (χ4n) is 3.86. The van der Waals surface area contributed by atoms with Crippen LogP contribution in [0, 0.1) is 5.92 Å². The quantitative estimate of drug-likeness (QED) is 0.585. The summed E-state index contributed by atoms with van der Waals surface area (Å²) in [6.07, 6.45) is 3.07. The van der Waals surface area contributed by atoms with Gasteiger partial charge in [0.25, 0.3) is 0 Å². The molecule has 2 heterocycles. The van der Waals surface area contributed by atoms with E-state index in [4.69, 9.17) is 11.6 Å². The van der Waals surface area contributed by atoms with Crippen molar-refractivity contribution in [1.29, 1.82) is 0 Å². The third kappa shape index (κ3) is 5.52. The van der Waals surface area contributed by atoms with Gasteiger partial charge in [0.15, 0.2) is 5.96 Å². The van der Waals surface area contributed by atoms with E-state index in [9.17, 15) is 8.42 Å². The second kappa shape index (κ2) is 9.33. The molecule has 9 heteroatoms. The molecule has 1 aromatic carbocycles. The van der Waals surface area contributed by atoms with Crippen LogP contribution in [0.4, 0.5) is 5.69 Å². The van der Waals surface area contributed by atoms with Crippen LogP contribution in [0.15, 0.2) is 29.3 Å².